The summed E-state index contributed by atoms with van der Waals surface area (Å²) in [6.45, 7) is 6.90. The Kier molecular flexibility index (Phi) is 5.51. The van der Waals surface area contributed by atoms with Crippen molar-refractivity contribution >= 4 is 16.8 Å². The van der Waals surface area contributed by atoms with Crippen LogP contribution in [0.4, 0.5) is 0 Å². The molecule has 0 aliphatic rings. The number of carbonyl (C=O) groups excluding carboxylic acids is 1. The fourth-order valence-electron chi connectivity index (χ4n) is 0.765. The lowest BCUT2D eigenvalue weighted by Gasteiger charge is -2.15. The maximum atomic E-state index is 10.8. The third kappa shape index (κ3) is 4.38. The molecule has 0 amide bonds. The van der Waals surface area contributed by atoms with Crippen molar-refractivity contribution in [2.24, 2.45) is 11.8 Å². The van der Waals surface area contributed by atoms with Crippen molar-refractivity contribution < 1.29 is 9.53 Å². The number of ether oxygens (including phenoxy) is 1. The third-order valence-electron chi connectivity index (χ3n) is 1.60. The van der Waals surface area contributed by atoms with E-state index in [0.29, 0.717) is 13.2 Å². The van der Waals surface area contributed by atoms with Crippen LogP contribution in [0.3, 0.4) is 0 Å². The predicted octanol–water partition coefficient (Wildman–Crippen LogP) is 2.06. The summed E-state index contributed by atoms with van der Waals surface area (Å²) in [5, 5.41) is -0.298. The first-order valence-corrected chi connectivity index (χ1v) is 4.24. The number of rotatable bonds is 5. The van der Waals surface area contributed by atoms with E-state index in [1.165, 1.54) is 0 Å². The molecule has 0 aliphatic carbocycles. The molecule has 0 aromatic rings. The highest BCUT2D eigenvalue weighted by atomic mass is 35.5. The first kappa shape index (κ1) is 10.9. The minimum Gasteiger partial charge on any atom is -0.381 e. The summed E-state index contributed by atoms with van der Waals surface area (Å²) >= 11 is 5.36. The summed E-state index contributed by atoms with van der Waals surface area (Å²) in [5.74, 6) is 0.100. The van der Waals surface area contributed by atoms with Gasteiger partial charge in [-0.1, -0.05) is 13.8 Å². The van der Waals surface area contributed by atoms with Crippen LogP contribution in [-0.4, -0.2) is 18.5 Å². The monoisotopic (exact) mass is 178 g/mol. The lowest BCUT2D eigenvalue weighted by Crippen LogP contribution is -2.21. The van der Waals surface area contributed by atoms with Crippen LogP contribution in [0.1, 0.15) is 20.8 Å². The minimum atomic E-state index is -0.298. The quantitative estimate of drug-likeness (QED) is 0.603. The van der Waals surface area contributed by atoms with Gasteiger partial charge >= 0.3 is 0 Å². The molecule has 0 spiro atoms. The molecule has 66 valence electrons. The Morgan fingerprint density at radius 2 is 2.09 bits per heavy atom. The molecule has 0 rings (SSSR count). The van der Waals surface area contributed by atoms with Gasteiger partial charge in [0.15, 0.2) is 0 Å². The lowest BCUT2D eigenvalue weighted by atomic mass is 9.98. The van der Waals surface area contributed by atoms with Crippen LogP contribution in [0.25, 0.3) is 0 Å². The molecule has 0 aromatic heterocycles. The Labute approximate surface area is 72.9 Å². The van der Waals surface area contributed by atoms with E-state index in [1.54, 1.807) is 0 Å². The molecule has 0 saturated carbocycles. The second kappa shape index (κ2) is 5.56. The predicted molar refractivity (Wildman–Crippen MR) is 45.7 cm³/mol. The molecule has 0 N–H and O–H groups in total. The maximum Gasteiger partial charge on any atom is 0.227 e. The molecule has 11 heavy (non-hydrogen) atoms. The summed E-state index contributed by atoms with van der Waals surface area (Å²) in [6.07, 6.45) is 0. The fourth-order valence-corrected chi connectivity index (χ4v) is 1.08. The SMILES string of the molecule is CCOCC(C(=O)Cl)C(C)C. The van der Waals surface area contributed by atoms with E-state index in [2.05, 4.69) is 0 Å². The van der Waals surface area contributed by atoms with E-state index >= 15 is 0 Å². The Morgan fingerprint density at radius 1 is 1.55 bits per heavy atom. The minimum absolute atomic E-state index is 0.156. The van der Waals surface area contributed by atoms with Crippen LogP contribution in [0.5, 0.6) is 0 Å². The molecule has 0 fully saturated rings. The summed E-state index contributed by atoms with van der Waals surface area (Å²) in [7, 11) is 0. The summed E-state index contributed by atoms with van der Waals surface area (Å²) < 4.78 is 5.11. The van der Waals surface area contributed by atoms with Crippen LogP contribution < -0.4 is 0 Å². The Morgan fingerprint density at radius 3 is 2.36 bits per heavy atom. The van der Waals surface area contributed by atoms with E-state index in [-0.39, 0.29) is 17.1 Å². The normalized spacial score (nSPS) is 13.5. The van der Waals surface area contributed by atoms with Gasteiger partial charge in [0.1, 0.15) is 0 Å². The molecule has 0 aliphatic heterocycles. The number of halogens is 1. The largest absolute Gasteiger partial charge is 0.381 e. The smallest absolute Gasteiger partial charge is 0.227 e. The number of hydrogen-bond donors (Lipinski definition) is 0. The first-order chi connectivity index (χ1) is 5.09. The van der Waals surface area contributed by atoms with Gasteiger partial charge in [-0.25, -0.2) is 0 Å². The topological polar surface area (TPSA) is 26.3 Å². The van der Waals surface area contributed by atoms with Crippen molar-refractivity contribution in [2.75, 3.05) is 13.2 Å². The van der Waals surface area contributed by atoms with Crippen molar-refractivity contribution in [3.8, 4) is 0 Å². The highest BCUT2D eigenvalue weighted by Crippen LogP contribution is 2.14. The molecule has 0 heterocycles. The highest BCUT2D eigenvalue weighted by Gasteiger charge is 2.19. The van der Waals surface area contributed by atoms with Crippen molar-refractivity contribution in [3.05, 3.63) is 0 Å². The standard InChI is InChI=1S/C8H15ClO2/c1-4-11-5-7(6(2)3)8(9)10/h6-7H,4-5H2,1-3H3. The molecule has 0 aromatic carbocycles. The number of hydrogen-bond acceptors (Lipinski definition) is 2. The number of carbonyl (C=O) groups is 1. The summed E-state index contributed by atoms with van der Waals surface area (Å²) in [5.41, 5.74) is 0. The van der Waals surface area contributed by atoms with Gasteiger partial charge in [0, 0.05) is 6.61 Å². The zero-order chi connectivity index (χ0) is 8.85. The van der Waals surface area contributed by atoms with Gasteiger partial charge in [-0.15, -0.1) is 0 Å². The van der Waals surface area contributed by atoms with Gasteiger partial charge < -0.3 is 4.74 Å². The van der Waals surface area contributed by atoms with E-state index in [0.717, 1.165) is 0 Å². The van der Waals surface area contributed by atoms with Crippen molar-refractivity contribution in [2.45, 2.75) is 20.8 Å². The van der Waals surface area contributed by atoms with Crippen LogP contribution >= 0.6 is 11.6 Å². The van der Waals surface area contributed by atoms with Gasteiger partial charge in [-0.05, 0) is 24.4 Å². The van der Waals surface area contributed by atoms with E-state index in [1.807, 2.05) is 20.8 Å². The molecule has 1 unspecified atom stereocenters. The van der Waals surface area contributed by atoms with Crippen LogP contribution in [0.15, 0.2) is 0 Å². The highest BCUT2D eigenvalue weighted by molar-refractivity contribution is 6.64. The molecule has 1 atom stereocenters. The summed E-state index contributed by atoms with van der Waals surface area (Å²) in [4.78, 5) is 10.8. The average molecular weight is 179 g/mol. The third-order valence-corrected chi connectivity index (χ3v) is 1.88. The second-order valence-corrected chi connectivity index (χ2v) is 3.19. The van der Waals surface area contributed by atoms with Crippen molar-refractivity contribution in [1.82, 2.24) is 0 Å². The Hall–Kier alpha value is -0.0800. The zero-order valence-electron chi connectivity index (χ0n) is 7.26. The van der Waals surface area contributed by atoms with E-state index in [9.17, 15) is 4.79 Å². The van der Waals surface area contributed by atoms with Crippen molar-refractivity contribution in [3.63, 3.8) is 0 Å². The van der Waals surface area contributed by atoms with Gasteiger partial charge in [0.05, 0.1) is 12.5 Å². The summed E-state index contributed by atoms with van der Waals surface area (Å²) in [6, 6.07) is 0. The molecule has 0 bridgehead atoms. The maximum absolute atomic E-state index is 10.8. The molecule has 2 nitrogen and oxygen atoms in total. The average Bonchev–Trinajstić information content (AvgIpc) is 1.87. The van der Waals surface area contributed by atoms with Crippen LogP contribution in [0, 0.1) is 11.8 Å². The zero-order valence-corrected chi connectivity index (χ0v) is 8.02. The van der Waals surface area contributed by atoms with Gasteiger partial charge in [0.2, 0.25) is 5.24 Å². The molecular formula is C8H15ClO2. The Bertz CT molecular complexity index is 123. The molecule has 0 saturated heterocycles. The van der Waals surface area contributed by atoms with Gasteiger partial charge in [-0.2, -0.15) is 0 Å². The Balaban J connectivity index is 3.80. The lowest BCUT2D eigenvalue weighted by molar-refractivity contribution is -0.118. The molecular weight excluding hydrogens is 164 g/mol. The van der Waals surface area contributed by atoms with Gasteiger partial charge in [-0.3, -0.25) is 4.79 Å². The van der Waals surface area contributed by atoms with Crippen molar-refractivity contribution in [1.29, 1.82) is 0 Å². The second-order valence-electron chi connectivity index (χ2n) is 2.81. The first-order valence-electron chi connectivity index (χ1n) is 3.86. The van der Waals surface area contributed by atoms with Gasteiger partial charge in [0.25, 0.3) is 0 Å². The van der Waals surface area contributed by atoms with Crippen LogP contribution in [0.2, 0.25) is 0 Å². The van der Waals surface area contributed by atoms with E-state index in [4.69, 9.17) is 16.3 Å². The fraction of sp³-hybridized carbons (Fsp3) is 0.875. The van der Waals surface area contributed by atoms with E-state index < -0.39 is 0 Å². The van der Waals surface area contributed by atoms with Crippen LogP contribution in [-0.2, 0) is 9.53 Å². The molecule has 3 heteroatoms. The molecule has 0 radical (unpaired) electrons.